The third kappa shape index (κ3) is 10.4. The van der Waals surface area contributed by atoms with Gasteiger partial charge in [0, 0.05) is 0 Å². The fourth-order valence-electron chi connectivity index (χ4n) is 3.58. The molecule has 0 saturated carbocycles. The van der Waals surface area contributed by atoms with Gasteiger partial charge in [-0.2, -0.15) is 12.1 Å². The molecule has 4 heteroatoms. The zero-order chi connectivity index (χ0) is 18.8. The van der Waals surface area contributed by atoms with Gasteiger partial charge in [-0.1, -0.05) is 66.9 Å². The monoisotopic (exact) mass is 526 g/mol. The van der Waals surface area contributed by atoms with E-state index in [-0.39, 0.29) is 58.9 Å². The van der Waals surface area contributed by atoms with Gasteiger partial charge in [0.05, 0.1) is 0 Å². The fourth-order valence-corrected chi connectivity index (χ4v) is 6.04. The van der Waals surface area contributed by atoms with E-state index in [0.717, 1.165) is 12.3 Å². The molecule has 3 rings (SSSR count). The molecule has 0 spiro atoms. The van der Waals surface area contributed by atoms with E-state index < -0.39 is 0 Å². The van der Waals surface area contributed by atoms with Crippen LogP contribution in [0.1, 0.15) is 59.8 Å². The second-order valence-electron chi connectivity index (χ2n) is 7.26. The van der Waals surface area contributed by atoms with Crippen molar-refractivity contribution in [1.29, 1.82) is 0 Å². The number of hydrogen-bond donors (Lipinski definition) is 0. The Balaban J connectivity index is 0. The van der Waals surface area contributed by atoms with E-state index in [1.165, 1.54) is 54.4 Å². The quantitative estimate of drug-likeness (QED) is 0.361. The molecule has 158 valence electrons. The predicted octanol–water partition coefficient (Wildman–Crippen LogP) is 1.60. The minimum absolute atomic E-state index is 0. The van der Waals surface area contributed by atoms with Crippen LogP contribution >= 0.6 is 7.92 Å². The molecule has 2 aromatic rings. The van der Waals surface area contributed by atoms with Crippen LogP contribution in [0.3, 0.4) is 0 Å². The van der Waals surface area contributed by atoms with Gasteiger partial charge in [-0.05, 0) is 18.7 Å². The average Bonchev–Trinajstić information content (AvgIpc) is 3.32. The third-order valence-electron chi connectivity index (χ3n) is 4.93. The van der Waals surface area contributed by atoms with Gasteiger partial charge >= 0.3 is 26.2 Å². The normalized spacial score (nSPS) is 12.9. The van der Waals surface area contributed by atoms with Crippen molar-refractivity contribution in [3.8, 4) is 0 Å². The second-order valence-corrected chi connectivity index (χ2v) is 9.75. The topological polar surface area (TPSA) is 0 Å². The van der Waals surface area contributed by atoms with Gasteiger partial charge in [-0.15, -0.1) is 46.8 Å². The van der Waals surface area contributed by atoms with Crippen LogP contribution in [0, 0.1) is 12.0 Å². The summed E-state index contributed by atoms with van der Waals surface area (Å²) in [5.41, 5.74) is 1.42. The van der Waals surface area contributed by atoms with Crippen molar-refractivity contribution in [2.24, 2.45) is 5.92 Å². The molecule has 0 bridgehead atoms. The van der Waals surface area contributed by atoms with E-state index >= 15 is 0 Å². The SMILES string of the molecule is CCCC(C)C1=[C-]CC=C1.CCCP(CCC)c1cc2ccccc2[cH-]1.[Cl-].[Cl-].[Zr+4]. The molecular formula is C25H35Cl2PZr. The number of halogens is 2. The number of allylic oxidation sites excluding steroid dienone is 4. The Kier molecular flexibility index (Phi) is 19.3. The molecule has 0 saturated heterocycles. The van der Waals surface area contributed by atoms with E-state index in [1.54, 1.807) is 5.30 Å². The van der Waals surface area contributed by atoms with Crippen LogP contribution < -0.4 is 30.1 Å². The van der Waals surface area contributed by atoms with Gasteiger partial charge < -0.3 is 24.8 Å². The Morgan fingerprint density at radius 2 is 1.69 bits per heavy atom. The van der Waals surface area contributed by atoms with Crippen molar-refractivity contribution in [2.75, 3.05) is 12.3 Å². The summed E-state index contributed by atoms with van der Waals surface area (Å²) in [5, 5.41) is 4.44. The molecule has 1 atom stereocenters. The van der Waals surface area contributed by atoms with E-state index in [0.29, 0.717) is 0 Å². The summed E-state index contributed by atoms with van der Waals surface area (Å²) >= 11 is 0. The van der Waals surface area contributed by atoms with E-state index in [9.17, 15) is 0 Å². The van der Waals surface area contributed by atoms with Crippen LogP contribution in [0.5, 0.6) is 0 Å². The molecule has 0 aliphatic heterocycles. The molecule has 0 radical (unpaired) electrons. The maximum Gasteiger partial charge on any atom is 4.00 e. The maximum atomic E-state index is 3.35. The molecule has 0 fully saturated rings. The molecule has 0 heterocycles. The minimum atomic E-state index is 0. The largest absolute Gasteiger partial charge is 4.00 e. The number of rotatable bonds is 8. The number of benzene rings is 1. The van der Waals surface area contributed by atoms with Crippen molar-refractivity contribution < 1.29 is 51.0 Å². The summed E-state index contributed by atoms with van der Waals surface area (Å²) in [6.45, 7) is 9.11. The van der Waals surface area contributed by atoms with Crippen molar-refractivity contribution in [3.05, 3.63) is 60.2 Å². The Labute approximate surface area is 212 Å². The van der Waals surface area contributed by atoms with Gasteiger partial charge in [-0.25, -0.2) is 11.6 Å². The smallest absolute Gasteiger partial charge is 1.00 e. The summed E-state index contributed by atoms with van der Waals surface area (Å²) < 4.78 is 0. The molecule has 0 N–H and O–H groups in total. The molecule has 0 aromatic heterocycles. The van der Waals surface area contributed by atoms with Crippen LogP contribution in [0.15, 0.2) is 54.1 Å². The molecule has 29 heavy (non-hydrogen) atoms. The number of hydrogen-bond acceptors (Lipinski definition) is 0. The second kappa shape index (κ2) is 17.8. The minimum Gasteiger partial charge on any atom is -1.00 e. The van der Waals surface area contributed by atoms with Crippen LogP contribution in [-0.2, 0) is 26.2 Å². The zero-order valence-corrected chi connectivity index (χ0v) is 23.2. The maximum absolute atomic E-state index is 3.35. The Bertz CT molecular complexity index is 681. The molecule has 0 amide bonds. The fraction of sp³-hybridized carbons (Fsp3) is 0.480. The first kappa shape index (κ1) is 31.4. The standard InChI is InChI=1S/C15H20P.C10H15.2ClH.Zr/c1-3-9-16(10-4-2)15-11-13-7-5-6-8-14(13)12-15;1-3-6-9(2)10-7-4-5-8-10;;;/h5-8,11-12H,3-4,9-10H2,1-2H3;4,7,9H,3,5-6H2,1-2H3;2*1H;/q2*-1;;;+4/p-2. The Morgan fingerprint density at radius 3 is 2.21 bits per heavy atom. The van der Waals surface area contributed by atoms with Gasteiger partial charge in [0.25, 0.3) is 0 Å². The third-order valence-corrected chi connectivity index (χ3v) is 7.89. The van der Waals surface area contributed by atoms with Gasteiger partial charge in [0.2, 0.25) is 0 Å². The summed E-state index contributed by atoms with van der Waals surface area (Å²) in [6, 6.07) is 13.5. The predicted molar refractivity (Wildman–Crippen MR) is 121 cm³/mol. The van der Waals surface area contributed by atoms with E-state index in [1.807, 2.05) is 0 Å². The zero-order valence-electron chi connectivity index (χ0n) is 18.3. The molecule has 2 aromatic carbocycles. The van der Waals surface area contributed by atoms with Gasteiger partial charge in [0.1, 0.15) is 0 Å². The summed E-state index contributed by atoms with van der Waals surface area (Å²) in [4.78, 5) is 0. The average molecular weight is 529 g/mol. The Morgan fingerprint density at radius 1 is 1.03 bits per heavy atom. The van der Waals surface area contributed by atoms with E-state index in [2.05, 4.69) is 82.3 Å². The van der Waals surface area contributed by atoms with Crippen LogP contribution in [0.2, 0.25) is 0 Å². The summed E-state index contributed by atoms with van der Waals surface area (Å²) in [7, 11) is 0.0972. The van der Waals surface area contributed by atoms with E-state index in [4.69, 9.17) is 0 Å². The van der Waals surface area contributed by atoms with Crippen LogP contribution in [0.25, 0.3) is 10.8 Å². The molecule has 1 aliphatic rings. The molecule has 1 unspecified atom stereocenters. The van der Waals surface area contributed by atoms with Crippen LogP contribution in [0.4, 0.5) is 0 Å². The van der Waals surface area contributed by atoms with Crippen molar-refractivity contribution in [1.82, 2.24) is 0 Å². The molecular weight excluding hydrogens is 493 g/mol. The first-order valence-electron chi connectivity index (χ1n) is 10.4. The van der Waals surface area contributed by atoms with Crippen molar-refractivity contribution >= 4 is 24.0 Å². The van der Waals surface area contributed by atoms with Crippen molar-refractivity contribution in [3.63, 3.8) is 0 Å². The van der Waals surface area contributed by atoms with Gasteiger partial charge in [-0.3, -0.25) is 6.08 Å². The summed E-state index contributed by atoms with van der Waals surface area (Å²) in [6.07, 6.45) is 16.7. The molecule has 1 aliphatic carbocycles. The first-order chi connectivity index (χ1) is 12.7. The number of fused-ring (bicyclic) bond motifs is 1. The van der Waals surface area contributed by atoms with Crippen LogP contribution in [-0.4, -0.2) is 12.3 Å². The first-order valence-corrected chi connectivity index (χ1v) is 12.1. The van der Waals surface area contributed by atoms with Gasteiger partial charge in [0.15, 0.2) is 0 Å². The van der Waals surface area contributed by atoms with Crippen molar-refractivity contribution in [2.45, 2.75) is 59.8 Å². The summed E-state index contributed by atoms with van der Waals surface area (Å²) in [5.74, 6) is 0.726. The Hall–Kier alpha value is 0.203. The molecule has 0 nitrogen and oxygen atoms in total.